The highest BCUT2D eigenvalue weighted by atomic mass is 16.3. The summed E-state index contributed by atoms with van der Waals surface area (Å²) in [7, 11) is 0. The van der Waals surface area contributed by atoms with Gasteiger partial charge < -0.3 is 5.11 Å². The van der Waals surface area contributed by atoms with Crippen LogP contribution >= 0.6 is 0 Å². The molecule has 0 aromatic carbocycles. The van der Waals surface area contributed by atoms with Gasteiger partial charge in [-0.1, -0.05) is 32.1 Å². The molecule has 0 aromatic heterocycles. The van der Waals surface area contributed by atoms with Crippen LogP contribution in [0, 0.1) is 40.4 Å². The lowest BCUT2D eigenvalue weighted by molar-refractivity contribution is -0.102. The maximum atomic E-state index is 10.9. The second-order valence-electron chi connectivity index (χ2n) is 9.82. The minimum absolute atomic E-state index is 0.132. The van der Waals surface area contributed by atoms with Gasteiger partial charge in [0.05, 0.1) is 5.60 Å². The monoisotopic (exact) mass is 298 g/mol. The van der Waals surface area contributed by atoms with Gasteiger partial charge in [0.1, 0.15) is 0 Å². The average molecular weight is 298 g/mol. The van der Waals surface area contributed by atoms with Gasteiger partial charge in [0.2, 0.25) is 0 Å². The van der Waals surface area contributed by atoms with E-state index in [-0.39, 0.29) is 5.41 Å². The van der Waals surface area contributed by atoms with Crippen LogP contribution in [0.25, 0.3) is 0 Å². The molecule has 0 radical (unpaired) electrons. The van der Waals surface area contributed by atoms with E-state index in [4.69, 9.17) is 0 Å². The predicted molar refractivity (Wildman–Crippen MR) is 89.2 cm³/mol. The summed E-state index contributed by atoms with van der Waals surface area (Å²) in [6.07, 6.45) is 15.2. The quantitative estimate of drug-likeness (QED) is 0.686. The number of allylic oxidation sites excluding steroid dienone is 4. The standard InChI is InChI=1S/C21H30O/c1-19-12-14-10-13(14)11-15(19)4-5-16-17(19)6-8-20(2)18(16)7-9-21(20,3)22/h4-5,11,13-14,16-18,22H,6-10,12H2,1-3H3. The molecule has 1 N–H and O–H groups in total. The van der Waals surface area contributed by atoms with E-state index in [1.54, 1.807) is 5.57 Å². The molecule has 8 atom stereocenters. The summed E-state index contributed by atoms with van der Waals surface area (Å²) in [5.74, 6) is 4.10. The van der Waals surface area contributed by atoms with Crippen LogP contribution in [-0.4, -0.2) is 10.7 Å². The van der Waals surface area contributed by atoms with Crippen LogP contribution in [0.1, 0.15) is 59.3 Å². The van der Waals surface area contributed by atoms with Crippen LogP contribution in [0.4, 0.5) is 0 Å². The van der Waals surface area contributed by atoms with Gasteiger partial charge in [0.25, 0.3) is 0 Å². The minimum Gasteiger partial charge on any atom is -0.390 e. The molecule has 1 heteroatoms. The third-order valence-corrected chi connectivity index (χ3v) is 8.93. The van der Waals surface area contributed by atoms with E-state index >= 15 is 0 Å². The molecule has 5 aliphatic carbocycles. The fraction of sp³-hybridized carbons (Fsp3) is 0.810. The van der Waals surface area contributed by atoms with Gasteiger partial charge in [-0.3, -0.25) is 0 Å². The first-order valence-electron chi connectivity index (χ1n) is 9.48. The summed E-state index contributed by atoms with van der Waals surface area (Å²) in [6, 6.07) is 0. The summed E-state index contributed by atoms with van der Waals surface area (Å²) < 4.78 is 0. The molecular weight excluding hydrogens is 268 g/mol. The van der Waals surface area contributed by atoms with Gasteiger partial charge in [-0.05, 0) is 91.4 Å². The third-order valence-electron chi connectivity index (χ3n) is 8.93. The summed E-state index contributed by atoms with van der Waals surface area (Å²) in [5.41, 5.74) is 1.75. The smallest absolute Gasteiger partial charge is 0.0676 e. The second kappa shape index (κ2) is 3.91. The van der Waals surface area contributed by atoms with Crippen LogP contribution in [0.5, 0.6) is 0 Å². The molecule has 0 amide bonds. The zero-order chi connectivity index (χ0) is 15.3. The maximum absolute atomic E-state index is 10.9. The largest absolute Gasteiger partial charge is 0.390 e. The normalized spacial score (nSPS) is 61.6. The van der Waals surface area contributed by atoms with Crippen LogP contribution in [-0.2, 0) is 0 Å². The molecule has 0 heterocycles. The molecule has 0 aromatic rings. The first-order chi connectivity index (χ1) is 10.4. The van der Waals surface area contributed by atoms with E-state index in [9.17, 15) is 5.11 Å². The molecule has 0 bridgehead atoms. The SMILES string of the molecule is CC12CC3CC3C=C1C=CC1C2CCC2(C)C1CCC2(C)O. The van der Waals surface area contributed by atoms with E-state index in [1.165, 1.54) is 32.1 Å². The lowest BCUT2D eigenvalue weighted by Crippen LogP contribution is -2.52. The second-order valence-corrected chi connectivity index (χ2v) is 9.82. The fourth-order valence-electron chi connectivity index (χ4n) is 7.07. The first-order valence-corrected chi connectivity index (χ1v) is 9.48. The Labute approximate surface area is 134 Å². The summed E-state index contributed by atoms with van der Waals surface area (Å²) in [6.45, 7) is 7.03. The number of fused-ring (bicyclic) bond motifs is 6. The molecule has 0 aliphatic heterocycles. The van der Waals surface area contributed by atoms with Crippen LogP contribution in [0.2, 0.25) is 0 Å². The maximum Gasteiger partial charge on any atom is 0.0676 e. The lowest BCUT2D eigenvalue weighted by atomic mass is 9.48. The van der Waals surface area contributed by atoms with Crippen molar-refractivity contribution in [1.29, 1.82) is 0 Å². The number of rotatable bonds is 0. The molecule has 0 spiro atoms. The average Bonchev–Trinajstić information content (AvgIpc) is 3.14. The summed E-state index contributed by atoms with van der Waals surface area (Å²) in [4.78, 5) is 0. The molecule has 5 rings (SSSR count). The minimum atomic E-state index is -0.457. The Bertz CT molecular complexity index is 585. The first kappa shape index (κ1) is 13.8. The molecule has 120 valence electrons. The van der Waals surface area contributed by atoms with Crippen molar-refractivity contribution in [1.82, 2.24) is 0 Å². The van der Waals surface area contributed by atoms with Gasteiger partial charge >= 0.3 is 0 Å². The van der Waals surface area contributed by atoms with Crippen LogP contribution in [0.15, 0.2) is 23.8 Å². The Morgan fingerprint density at radius 1 is 1.09 bits per heavy atom. The summed E-state index contributed by atoms with van der Waals surface area (Å²) in [5, 5.41) is 10.9. The van der Waals surface area contributed by atoms with Crippen molar-refractivity contribution in [2.45, 2.75) is 64.9 Å². The highest BCUT2D eigenvalue weighted by Gasteiger charge is 2.62. The predicted octanol–water partition coefficient (Wildman–Crippen LogP) is 4.72. The topological polar surface area (TPSA) is 20.2 Å². The van der Waals surface area contributed by atoms with E-state index in [1.807, 2.05) is 0 Å². The highest BCUT2D eigenvalue weighted by Crippen LogP contribution is 2.68. The highest BCUT2D eigenvalue weighted by molar-refractivity contribution is 5.38. The van der Waals surface area contributed by atoms with Gasteiger partial charge in [0.15, 0.2) is 0 Å². The Balaban J connectivity index is 1.56. The van der Waals surface area contributed by atoms with Crippen molar-refractivity contribution in [2.75, 3.05) is 0 Å². The molecule has 0 saturated heterocycles. The number of aliphatic hydroxyl groups is 1. The van der Waals surface area contributed by atoms with E-state index in [0.717, 1.165) is 24.2 Å². The molecule has 3 fully saturated rings. The van der Waals surface area contributed by atoms with E-state index in [0.29, 0.717) is 17.3 Å². The van der Waals surface area contributed by atoms with E-state index < -0.39 is 5.60 Å². The molecule has 22 heavy (non-hydrogen) atoms. The Morgan fingerprint density at radius 3 is 2.68 bits per heavy atom. The van der Waals surface area contributed by atoms with Gasteiger partial charge in [-0.2, -0.15) is 0 Å². The molecule has 8 unspecified atom stereocenters. The van der Waals surface area contributed by atoms with Crippen molar-refractivity contribution in [2.24, 2.45) is 40.4 Å². The lowest BCUT2D eigenvalue weighted by Gasteiger charge is -2.57. The number of hydrogen-bond donors (Lipinski definition) is 1. The fourth-order valence-corrected chi connectivity index (χ4v) is 7.07. The van der Waals surface area contributed by atoms with Gasteiger partial charge in [0, 0.05) is 0 Å². The van der Waals surface area contributed by atoms with Crippen molar-refractivity contribution in [3.63, 3.8) is 0 Å². The molecule has 1 nitrogen and oxygen atoms in total. The van der Waals surface area contributed by atoms with Crippen molar-refractivity contribution in [3.05, 3.63) is 23.8 Å². The van der Waals surface area contributed by atoms with Crippen molar-refractivity contribution < 1.29 is 5.11 Å². The van der Waals surface area contributed by atoms with Crippen LogP contribution < -0.4 is 0 Å². The van der Waals surface area contributed by atoms with E-state index in [2.05, 4.69) is 39.0 Å². The summed E-state index contributed by atoms with van der Waals surface area (Å²) >= 11 is 0. The Kier molecular flexibility index (Phi) is 2.46. The van der Waals surface area contributed by atoms with Crippen molar-refractivity contribution in [3.8, 4) is 0 Å². The Hall–Kier alpha value is -0.560. The Morgan fingerprint density at radius 2 is 1.86 bits per heavy atom. The van der Waals surface area contributed by atoms with Crippen molar-refractivity contribution >= 4 is 0 Å². The molecule has 5 aliphatic rings. The molecular formula is C21H30O. The molecule has 3 saturated carbocycles. The number of hydrogen-bond acceptors (Lipinski definition) is 1. The van der Waals surface area contributed by atoms with Gasteiger partial charge in [-0.25, -0.2) is 0 Å². The van der Waals surface area contributed by atoms with Gasteiger partial charge in [-0.15, -0.1) is 0 Å². The zero-order valence-corrected chi connectivity index (χ0v) is 14.3. The van der Waals surface area contributed by atoms with Crippen LogP contribution in [0.3, 0.4) is 0 Å². The zero-order valence-electron chi connectivity index (χ0n) is 14.3. The third kappa shape index (κ3) is 1.50.